The zero-order chi connectivity index (χ0) is 14.7. The third-order valence-electron chi connectivity index (χ3n) is 3.46. The average Bonchev–Trinajstić information content (AvgIpc) is 2.90. The maximum atomic E-state index is 13.1. The molecule has 0 saturated carbocycles. The third kappa shape index (κ3) is 3.47. The van der Waals surface area contributed by atoms with Crippen molar-refractivity contribution in [1.82, 2.24) is 10.3 Å². The minimum Gasteiger partial charge on any atom is -0.361 e. The second-order valence-corrected chi connectivity index (χ2v) is 5.10. The summed E-state index contributed by atoms with van der Waals surface area (Å²) in [5.41, 5.74) is 2.96. The van der Waals surface area contributed by atoms with Crippen LogP contribution in [0.15, 0.2) is 48.7 Å². The van der Waals surface area contributed by atoms with Gasteiger partial charge in [-0.15, -0.1) is 0 Å². The molecule has 2 N–H and O–H groups in total. The Kier molecular flexibility index (Phi) is 3.97. The molecular weight excluding hydrogens is 270 g/mol. The highest BCUT2D eigenvalue weighted by Crippen LogP contribution is 2.14. The van der Waals surface area contributed by atoms with E-state index in [1.807, 2.05) is 12.3 Å². The standard InChI is InChI=1S/C17H16F2N2/c18-15-7-12(8-16(19)10-15)3-5-20-11-13-1-2-14-4-6-21-17(14)9-13/h1-2,4,6-10,20-21H,3,5,11H2. The number of H-pyrrole nitrogens is 1. The van der Waals surface area contributed by atoms with E-state index in [1.54, 1.807) is 0 Å². The number of benzene rings is 2. The summed E-state index contributed by atoms with van der Waals surface area (Å²) in [6.07, 6.45) is 2.51. The predicted octanol–water partition coefficient (Wildman–Crippen LogP) is 3.78. The monoisotopic (exact) mass is 286 g/mol. The molecule has 0 bridgehead atoms. The molecule has 0 aliphatic carbocycles. The topological polar surface area (TPSA) is 27.8 Å². The predicted molar refractivity (Wildman–Crippen MR) is 80.1 cm³/mol. The van der Waals surface area contributed by atoms with E-state index in [4.69, 9.17) is 0 Å². The van der Waals surface area contributed by atoms with Gasteiger partial charge in [0, 0.05) is 24.3 Å². The highest BCUT2D eigenvalue weighted by atomic mass is 19.1. The lowest BCUT2D eigenvalue weighted by Crippen LogP contribution is -2.16. The fourth-order valence-corrected chi connectivity index (χ4v) is 2.43. The Hall–Kier alpha value is -2.20. The van der Waals surface area contributed by atoms with E-state index in [9.17, 15) is 8.78 Å². The fraction of sp³-hybridized carbons (Fsp3) is 0.176. The highest BCUT2D eigenvalue weighted by molar-refractivity contribution is 5.79. The zero-order valence-electron chi connectivity index (χ0n) is 11.5. The van der Waals surface area contributed by atoms with Crippen LogP contribution in [0, 0.1) is 11.6 Å². The Bertz CT molecular complexity index is 729. The molecule has 1 aromatic heterocycles. The molecule has 0 atom stereocenters. The van der Waals surface area contributed by atoms with Gasteiger partial charge in [0.15, 0.2) is 0 Å². The van der Waals surface area contributed by atoms with Gasteiger partial charge >= 0.3 is 0 Å². The SMILES string of the molecule is Fc1cc(F)cc(CCNCc2ccc3cc[nH]c3c2)c1. The summed E-state index contributed by atoms with van der Waals surface area (Å²) in [4.78, 5) is 3.18. The number of nitrogens with one attached hydrogen (secondary N) is 2. The average molecular weight is 286 g/mol. The van der Waals surface area contributed by atoms with E-state index in [1.165, 1.54) is 23.1 Å². The summed E-state index contributed by atoms with van der Waals surface area (Å²) in [5, 5.41) is 4.48. The van der Waals surface area contributed by atoms with Crippen LogP contribution < -0.4 is 5.32 Å². The second-order valence-electron chi connectivity index (χ2n) is 5.10. The summed E-state index contributed by atoms with van der Waals surface area (Å²) in [5.74, 6) is -1.05. The molecular formula is C17H16F2N2. The molecule has 4 heteroatoms. The van der Waals surface area contributed by atoms with Crippen molar-refractivity contribution < 1.29 is 8.78 Å². The number of halogens is 2. The maximum absolute atomic E-state index is 13.1. The largest absolute Gasteiger partial charge is 0.361 e. The number of aromatic amines is 1. The van der Waals surface area contributed by atoms with Gasteiger partial charge in [0.05, 0.1) is 0 Å². The van der Waals surface area contributed by atoms with Crippen LogP contribution in [-0.4, -0.2) is 11.5 Å². The normalized spacial score (nSPS) is 11.1. The van der Waals surface area contributed by atoms with Crippen molar-refractivity contribution in [3.63, 3.8) is 0 Å². The molecule has 0 saturated heterocycles. The molecule has 0 spiro atoms. The third-order valence-corrected chi connectivity index (χ3v) is 3.46. The van der Waals surface area contributed by atoms with Crippen LogP contribution >= 0.6 is 0 Å². The van der Waals surface area contributed by atoms with Crippen molar-refractivity contribution in [3.05, 3.63) is 71.4 Å². The van der Waals surface area contributed by atoms with Gasteiger partial charge in [0.1, 0.15) is 11.6 Å². The molecule has 21 heavy (non-hydrogen) atoms. The summed E-state index contributed by atoms with van der Waals surface area (Å²) >= 11 is 0. The van der Waals surface area contributed by atoms with Crippen molar-refractivity contribution in [2.24, 2.45) is 0 Å². The van der Waals surface area contributed by atoms with Gasteiger partial charge in [-0.1, -0.05) is 12.1 Å². The first-order valence-corrected chi connectivity index (χ1v) is 6.92. The first-order valence-electron chi connectivity index (χ1n) is 6.92. The molecule has 0 aliphatic heterocycles. The van der Waals surface area contributed by atoms with Crippen molar-refractivity contribution in [2.75, 3.05) is 6.54 Å². The summed E-state index contributed by atoms with van der Waals surface area (Å²) in [6, 6.07) is 11.9. The summed E-state index contributed by atoms with van der Waals surface area (Å²) in [7, 11) is 0. The first-order chi connectivity index (χ1) is 10.2. The Morgan fingerprint density at radius 2 is 1.71 bits per heavy atom. The van der Waals surface area contributed by atoms with Gasteiger partial charge in [-0.3, -0.25) is 0 Å². The number of hydrogen-bond acceptors (Lipinski definition) is 1. The molecule has 3 rings (SSSR count). The van der Waals surface area contributed by atoms with Gasteiger partial charge in [-0.05, 0) is 53.7 Å². The van der Waals surface area contributed by atoms with E-state index in [-0.39, 0.29) is 0 Å². The quantitative estimate of drug-likeness (QED) is 0.686. The van der Waals surface area contributed by atoms with Crippen molar-refractivity contribution >= 4 is 10.9 Å². The van der Waals surface area contributed by atoms with Crippen LogP contribution in [0.2, 0.25) is 0 Å². The Morgan fingerprint density at radius 1 is 0.905 bits per heavy atom. The van der Waals surface area contributed by atoms with Crippen LogP contribution in [0.3, 0.4) is 0 Å². The van der Waals surface area contributed by atoms with Crippen LogP contribution in [0.4, 0.5) is 8.78 Å². The van der Waals surface area contributed by atoms with Crippen molar-refractivity contribution in [2.45, 2.75) is 13.0 Å². The Labute approximate surface area is 121 Å². The smallest absolute Gasteiger partial charge is 0.126 e. The number of fused-ring (bicyclic) bond motifs is 1. The van der Waals surface area contributed by atoms with Crippen LogP contribution in [0.5, 0.6) is 0 Å². The molecule has 2 aromatic carbocycles. The van der Waals surface area contributed by atoms with Crippen LogP contribution in [-0.2, 0) is 13.0 Å². The number of hydrogen-bond donors (Lipinski definition) is 2. The lowest BCUT2D eigenvalue weighted by molar-refractivity contribution is 0.577. The van der Waals surface area contributed by atoms with Gasteiger partial charge < -0.3 is 10.3 Å². The highest BCUT2D eigenvalue weighted by Gasteiger charge is 2.01. The minimum atomic E-state index is -0.526. The first kappa shape index (κ1) is 13.8. The van der Waals surface area contributed by atoms with Crippen molar-refractivity contribution in [1.29, 1.82) is 0 Å². The summed E-state index contributed by atoms with van der Waals surface area (Å²) in [6.45, 7) is 1.40. The molecule has 0 unspecified atom stereocenters. The van der Waals surface area contributed by atoms with Gasteiger partial charge in [-0.25, -0.2) is 8.78 Å². The van der Waals surface area contributed by atoms with E-state index in [0.717, 1.165) is 18.1 Å². The zero-order valence-corrected chi connectivity index (χ0v) is 11.5. The molecule has 0 amide bonds. The molecule has 0 fully saturated rings. The molecule has 0 radical (unpaired) electrons. The van der Waals surface area contributed by atoms with E-state index < -0.39 is 11.6 Å². The Morgan fingerprint density at radius 3 is 2.52 bits per heavy atom. The molecule has 1 heterocycles. The fourth-order valence-electron chi connectivity index (χ4n) is 2.43. The van der Waals surface area contributed by atoms with E-state index in [0.29, 0.717) is 18.5 Å². The second kappa shape index (κ2) is 6.06. The number of rotatable bonds is 5. The van der Waals surface area contributed by atoms with E-state index >= 15 is 0 Å². The van der Waals surface area contributed by atoms with Gasteiger partial charge in [0.2, 0.25) is 0 Å². The molecule has 3 aromatic rings. The maximum Gasteiger partial charge on any atom is 0.126 e. The minimum absolute atomic E-state index is 0.526. The Balaban J connectivity index is 1.53. The number of aromatic nitrogens is 1. The van der Waals surface area contributed by atoms with Crippen LogP contribution in [0.1, 0.15) is 11.1 Å². The summed E-state index contributed by atoms with van der Waals surface area (Å²) < 4.78 is 26.1. The molecule has 2 nitrogen and oxygen atoms in total. The lowest BCUT2D eigenvalue weighted by atomic mass is 10.1. The van der Waals surface area contributed by atoms with Crippen LogP contribution in [0.25, 0.3) is 10.9 Å². The van der Waals surface area contributed by atoms with Gasteiger partial charge in [0.25, 0.3) is 0 Å². The molecule has 0 aliphatic rings. The molecule has 108 valence electrons. The lowest BCUT2D eigenvalue weighted by Gasteiger charge is -2.06. The van der Waals surface area contributed by atoms with E-state index in [2.05, 4.69) is 28.5 Å². The van der Waals surface area contributed by atoms with Gasteiger partial charge in [-0.2, -0.15) is 0 Å². The van der Waals surface area contributed by atoms with Crippen molar-refractivity contribution in [3.8, 4) is 0 Å².